The monoisotopic (exact) mass is 272 g/mol. The molecule has 1 N–H and O–H groups in total. The minimum Gasteiger partial charge on any atom is -0.329 e. The van der Waals surface area contributed by atoms with Gasteiger partial charge >= 0.3 is 0 Å². The van der Waals surface area contributed by atoms with Gasteiger partial charge in [0.15, 0.2) is 0 Å². The highest BCUT2D eigenvalue weighted by molar-refractivity contribution is 7.08. The van der Waals surface area contributed by atoms with E-state index in [0.29, 0.717) is 0 Å². The zero-order valence-electron chi connectivity index (χ0n) is 10.6. The second-order valence-electron chi connectivity index (χ2n) is 4.64. The molecule has 0 aliphatic carbocycles. The number of benzene rings is 1. The summed E-state index contributed by atoms with van der Waals surface area (Å²) in [6.07, 6.45) is 0. The maximum atomic E-state index is 12.5. The number of hydrogen-bond acceptors (Lipinski definition) is 3. The second kappa shape index (κ2) is 5.55. The number of nitrogens with zero attached hydrogens (tertiary/aromatic N) is 1. The molecule has 2 heterocycles. The van der Waals surface area contributed by atoms with Crippen LogP contribution in [0.4, 0.5) is 0 Å². The average Bonchev–Trinajstić information content (AvgIpc) is 3.02. The summed E-state index contributed by atoms with van der Waals surface area (Å²) >= 11 is 1.57. The molecule has 1 fully saturated rings. The predicted molar refractivity (Wildman–Crippen MR) is 77.4 cm³/mol. The summed E-state index contributed by atoms with van der Waals surface area (Å²) in [5.41, 5.74) is 1.99. The van der Waals surface area contributed by atoms with Crippen LogP contribution in [0.15, 0.2) is 47.2 Å². The van der Waals surface area contributed by atoms with Crippen molar-refractivity contribution in [2.75, 3.05) is 19.6 Å². The zero-order chi connectivity index (χ0) is 13.1. The van der Waals surface area contributed by atoms with Crippen molar-refractivity contribution in [2.24, 2.45) is 0 Å². The lowest BCUT2D eigenvalue weighted by Gasteiger charge is -2.36. The van der Waals surface area contributed by atoms with Crippen LogP contribution in [0, 0.1) is 0 Å². The van der Waals surface area contributed by atoms with E-state index in [4.69, 9.17) is 0 Å². The molecule has 1 aromatic heterocycles. The van der Waals surface area contributed by atoms with Gasteiger partial charge in [-0.1, -0.05) is 30.3 Å². The van der Waals surface area contributed by atoms with Gasteiger partial charge in [0.1, 0.15) is 0 Å². The minimum atomic E-state index is 0.127. The van der Waals surface area contributed by atoms with Gasteiger partial charge in [-0.15, -0.1) is 0 Å². The molecule has 1 aliphatic heterocycles. The van der Waals surface area contributed by atoms with Gasteiger partial charge in [0.2, 0.25) is 0 Å². The molecule has 1 amide bonds. The van der Waals surface area contributed by atoms with E-state index in [1.54, 1.807) is 11.3 Å². The summed E-state index contributed by atoms with van der Waals surface area (Å²) in [5, 5.41) is 7.25. The number of thiophene rings is 1. The summed E-state index contributed by atoms with van der Waals surface area (Å²) in [6.45, 7) is 2.44. The van der Waals surface area contributed by atoms with Gasteiger partial charge in [0.25, 0.3) is 5.91 Å². The number of carbonyl (C=O) groups is 1. The van der Waals surface area contributed by atoms with Gasteiger partial charge in [-0.3, -0.25) is 4.79 Å². The molecule has 2 aromatic rings. The van der Waals surface area contributed by atoms with E-state index >= 15 is 0 Å². The summed E-state index contributed by atoms with van der Waals surface area (Å²) in [6, 6.07) is 12.3. The van der Waals surface area contributed by atoms with Gasteiger partial charge in [-0.2, -0.15) is 11.3 Å². The first-order chi connectivity index (χ1) is 9.36. The number of carbonyl (C=O) groups excluding carboxylic acids is 1. The maximum absolute atomic E-state index is 12.5. The number of amides is 1. The Morgan fingerprint density at radius 3 is 2.84 bits per heavy atom. The third-order valence-electron chi connectivity index (χ3n) is 3.46. The Kier molecular flexibility index (Phi) is 3.62. The lowest BCUT2D eigenvalue weighted by molar-refractivity contribution is 0.0635. The molecule has 19 heavy (non-hydrogen) atoms. The first-order valence-corrected chi connectivity index (χ1v) is 7.39. The molecule has 1 saturated heterocycles. The van der Waals surface area contributed by atoms with Crippen LogP contribution in [0.25, 0.3) is 0 Å². The van der Waals surface area contributed by atoms with Gasteiger partial charge < -0.3 is 10.2 Å². The van der Waals surface area contributed by atoms with Gasteiger partial charge in [-0.25, -0.2) is 0 Å². The van der Waals surface area contributed by atoms with Crippen LogP contribution >= 0.6 is 11.3 Å². The lowest BCUT2D eigenvalue weighted by Crippen LogP contribution is -2.48. The Labute approximate surface area is 116 Å². The molecule has 0 unspecified atom stereocenters. The molecule has 0 spiro atoms. The van der Waals surface area contributed by atoms with Crippen molar-refractivity contribution in [2.45, 2.75) is 6.04 Å². The molecular formula is C15H16N2OS. The summed E-state index contributed by atoms with van der Waals surface area (Å²) in [5.74, 6) is 0.136. The van der Waals surface area contributed by atoms with Gasteiger partial charge in [0.05, 0.1) is 11.6 Å². The predicted octanol–water partition coefficient (Wildman–Crippen LogP) is 2.53. The largest absolute Gasteiger partial charge is 0.329 e. The Morgan fingerprint density at radius 2 is 2.11 bits per heavy atom. The number of piperazine rings is 1. The van der Waals surface area contributed by atoms with Gasteiger partial charge in [-0.05, 0) is 17.0 Å². The van der Waals surface area contributed by atoms with Crippen LogP contribution in [-0.4, -0.2) is 30.4 Å². The van der Waals surface area contributed by atoms with Crippen molar-refractivity contribution in [1.29, 1.82) is 0 Å². The number of rotatable bonds is 2. The molecule has 98 valence electrons. The van der Waals surface area contributed by atoms with Crippen LogP contribution in [-0.2, 0) is 0 Å². The molecule has 1 aliphatic rings. The molecule has 1 aromatic carbocycles. The molecule has 1 atom stereocenters. The van der Waals surface area contributed by atoms with Crippen molar-refractivity contribution in [3.8, 4) is 0 Å². The first-order valence-electron chi connectivity index (χ1n) is 6.45. The molecule has 0 radical (unpaired) electrons. The highest BCUT2D eigenvalue weighted by Gasteiger charge is 2.28. The van der Waals surface area contributed by atoms with Crippen molar-refractivity contribution in [3.05, 3.63) is 58.3 Å². The minimum absolute atomic E-state index is 0.127. The number of hydrogen-bond donors (Lipinski definition) is 1. The normalized spacial score (nSPS) is 19.4. The van der Waals surface area contributed by atoms with E-state index in [2.05, 4.69) is 17.4 Å². The van der Waals surface area contributed by atoms with Crippen LogP contribution in [0.1, 0.15) is 22.0 Å². The Balaban J connectivity index is 1.87. The molecule has 3 rings (SSSR count). The third kappa shape index (κ3) is 2.55. The van der Waals surface area contributed by atoms with E-state index in [1.165, 1.54) is 5.56 Å². The smallest absolute Gasteiger partial charge is 0.255 e. The maximum Gasteiger partial charge on any atom is 0.255 e. The summed E-state index contributed by atoms with van der Waals surface area (Å²) < 4.78 is 0. The zero-order valence-corrected chi connectivity index (χ0v) is 11.4. The van der Waals surface area contributed by atoms with Crippen LogP contribution in [0.5, 0.6) is 0 Å². The molecule has 0 bridgehead atoms. The van der Waals surface area contributed by atoms with Gasteiger partial charge in [0, 0.05) is 25.0 Å². The topological polar surface area (TPSA) is 32.3 Å². The molecule has 3 nitrogen and oxygen atoms in total. The van der Waals surface area contributed by atoms with Crippen LogP contribution < -0.4 is 5.32 Å². The van der Waals surface area contributed by atoms with E-state index in [9.17, 15) is 4.79 Å². The molecule has 0 saturated carbocycles. The Hall–Kier alpha value is -1.65. The Morgan fingerprint density at radius 1 is 1.26 bits per heavy atom. The molecule has 4 heteroatoms. The van der Waals surface area contributed by atoms with Crippen molar-refractivity contribution in [3.63, 3.8) is 0 Å². The van der Waals surface area contributed by atoms with Crippen LogP contribution in [0.3, 0.4) is 0 Å². The van der Waals surface area contributed by atoms with E-state index in [1.807, 2.05) is 39.9 Å². The van der Waals surface area contributed by atoms with E-state index in [-0.39, 0.29) is 11.9 Å². The molecular weight excluding hydrogens is 256 g/mol. The van der Waals surface area contributed by atoms with Crippen LogP contribution in [0.2, 0.25) is 0 Å². The average molecular weight is 272 g/mol. The highest BCUT2D eigenvalue weighted by atomic mass is 32.1. The van der Waals surface area contributed by atoms with Crippen molar-refractivity contribution < 1.29 is 4.79 Å². The second-order valence-corrected chi connectivity index (χ2v) is 5.42. The van der Waals surface area contributed by atoms with E-state index in [0.717, 1.165) is 25.2 Å². The number of nitrogens with one attached hydrogen (secondary N) is 1. The summed E-state index contributed by atoms with van der Waals surface area (Å²) in [7, 11) is 0. The third-order valence-corrected chi connectivity index (χ3v) is 4.14. The fourth-order valence-electron chi connectivity index (χ4n) is 2.47. The van der Waals surface area contributed by atoms with Crippen molar-refractivity contribution in [1.82, 2.24) is 10.2 Å². The van der Waals surface area contributed by atoms with E-state index < -0.39 is 0 Å². The Bertz CT molecular complexity index is 539. The summed E-state index contributed by atoms with van der Waals surface area (Å²) in [4.78, 5) is 14.5. The quantitative estimate of drug-likeness (QED) is 0.911. The fourth-order valence-corrected chi connectivity index (χ4v) is 3.10. The standard InChI is InChI=1S/C15H16N2OS/c18-15(13-6-9-19-11-13)17-8-7-16-10-14(17)12-4-2-1-3-5-12/h1-6,9,11,14,16H,7-8,10H2/t14-/m1/s1. The lowest BCUT2D eigenvalue weighted by atomic mass is 10.0. The van der Waals surface area contributed by atoms with Crippen molar-refractivity contribution >= 4 is 17.2 Å². The highest BCUT2D eigenvalue weighted by Crippen LogP contribution is 2.24. The first kappa shape index (κ1) is 12.4. The SMILES string of the molecule is O=C(c1ccsc1)N1CCNC[C@@H]1c1ccccc1. The fraction of sp³-hybridized carbons (Fsp3) is 0.267.